The molecule has 0 aliphatic heterocycles. The normalized spacial score (nSPS) is 13.2. The van der Waals surface area contributed by atoms with Crippen LogP contribution in [0.2, 0.25) is 0 Å². The molecule has 0 rings (SSSR count). The highest BCUT2D eigenvalue weighted by Gasteiger charge is 2.08. The molecule has 0 aliphatic rings. The van der Waals surface area contributed by atoms with Gasteiger partial charge in [-0.05, 0) is 6.26 Å². The van der Waals surface area contributed by atoms with Crippen molar-refractivity contribution in [2.75, 3.05) is 18.6 Å². The number of nitrogens with two attached hydrogens (primary N) is 2. The van der Waals surface area contributed by atoms with Gasteiger partial charge in [0.1, 0.15) is 0 Å². The summed E-state index contributed by atoms with van der Waals surface area (Å²) in [6.07, 6.45) is 1.91. The van der Waals surface area contributed by atoms with Gasteiger partial charge in [0.05, 0.1) is 12.6 Å². The van der Waals surface area contributed by atoms with Crippen molar-refractivity contribution in [3.8, 4) is 0 Å². The van der Waals surface area contributed by atoms with Crippen LogP contribution < -0.4 is 11.5 Å². The number of ketones is 1. The van der Waals surface area contributed by atoms with E-state index >= 15 is 0 Å². The summed E-state index contributed by atoms with van der Waals surface area (Å²) in [6.45, 7) is 0.0573. The number of hydrogen-bond donors (Lipinski definition) is 2. The summed E-state index contributed by atoms with van der Waals surface area (Å²) in [5, 5.41) is 0. The maximum atomic E-state index is 10.6. The molecule has 0 radical (unpaired) electrons. The predicted molar refractivity (Wildman–Crippen MR) is 40.4 cm³/mol. The van der Waals surface area contributed by atoms with Crippen LogP contribution in [-0.4, -0.2) is 30.4 Å². The molecule has 0 unspecified atom stereocenters. The molecule has 0 bridgehead atoms. The van der Waals surface area contributed by atoms with Crippen molar-refractivity contribution in [2.45, 2.75) is 6.04 Å². The van der Waals surface area contributed by atoms with Gasteiger partial charge in [0.2, 0.25) is 0 Å². The number of rotatable bonds is 4. The van der Waals surface area contributed by atoms with Crippen LogP contribution in [0, 0.1) is 0 Å². The van der Waals surface area contributed by atoms with E-state index in [-0.39, 0.29) is 18.4 Å². The number of Topliss-reactive ketones (excluding diaryl/α,β-unsaturated/α-hetero) is 1. The highest BCUT2D eigenvalue weighted by atomic mass is 32.2. The van der Waals surface area contributed by atoms with E-state index in [9.17, 15) is 4.79 Å². The Morgan fingerprint density at radius 3 is 2.67 bits per heavy atom. The molecule has 0 fully saturated rings. The van der Waals surface area contributed by atoms with Crippen molar-refractivity contribution in [3.63, 3.8) is 0 Å². The van der Waals surface area contributed by atoms with E-state index in [0.29, 0.717) is 5.75 Å². The number of hydrogen-bond acceptors (Lipinski definition) is 4. The summed E-state index contributed by atoms with van der Waals surface area (Å²) in [4.78, 5) is 10.6. The molecule has 1 atom stereocenters. The third kappa shape index (κ3) is 3.51. The van der Waals surface area contributed by atoms with Crippen LogP contribution in [0.1, 0.15) is 0 Å². The van der Waals surface area contributed by atoms with Crippen LogP contribution in [0.4, 0.5) is 0 Å². The van der Waals surface area contributed by atoms with Crippen molar-refractivity contribution < 1.29 is 4.79 Å². The Balaban J connectivity index is 3.45. The summed E-state index contributed by atoms with van der Waals surface area (Å²) >= 11 is 1.55. The van der Waals surface area contributed by atoms with E-state index in [0.717, 1.165) is 0 Å². The molecule has 4 heteroatoms. The second-order valence-electron chi connectivity index (χ2n) is 1.73. The second kappa shape index (κ2) is 4.78. The molecule has 0 heterocycles. The smallest absolute Gasteiger partial charge is 0.163 e. The predicted octanol–water partition coefficient (Wildman–Crippen LogP) is -0.795. The maximum Gasteiger partial charge on any atom is 0.163 e. The van der Waals surface area contributed by atoms with Gasteiger partial charge < -0.3 is 11.5 Å². The van der Waals surface area contributed by atoms with E-state index in [4.69, 9.17) is 11.5 Å². The van der Waals surface area contributed by atoms with Crippen molar-refractivity contribution in [3.05, 3.63) is 0 Å². The van der Waals surface area contributed by atoms with Crippen molar-refractivity contribution in [2.24, 2.45) is 11.5 Å². The fraction of sp³-hybridized carbons (Fsp3) is 0.800. The number of carbonyl (C=O) groups excluding carboxylic acids is 1. The maximum absolute atomic E-state index is 10.6. The minimum Gasteiger partial charge on any atom is -0.324 e. The highest BCUT2D eigenvalue weighted by molar-refractivity contribution is 7.98. The Hall–Kier alpha value is -0.0600. The molecule has 54 valence electrons. The molecule has 0 aliphatic carbocycles. The molecule has 0 aromatic carbocycles. The molecule has 0 saturated carbocycles. The van der Waals surface area contributed by atoms with Crippen molar-refractivity contribution >= 4 is 17.5 Å². The van der Waals surface area contributed by atoms with E-state index in [1.807, 2.05) is 6.26 Å². The Bertz CT molecular complexity index is 97.0. The average Bonchev–Trinajstić information content (AvgIpc) is 1.87. The second-order valence-corrected chi connectivity index (χ2v) is 2.64. The standard InChI is InChI=1S/C5H12N2OS/c1-9-3-4(7)5(8)2-6/h4H,2-3,6-7H2,1H3/t4-/m0/s1. The first-order valence-corrected chi connectivity index (χ1v) is 4.09. The molecular formula is C5H12N2OS. The lowest BCUT2D eigenvalue weighted by atomic mass is 10.2. The van der Waals surface area contributed by atoms with E-state index in [1.165, 1.54) is 0 Å². The van der Waals surface area contributed by atoms with E-state index in [1.54, 1.807) is 11.8 Å². The molecule has 0 aromatic heterocycles. The van der Waals surface area contributed by atoms with Gasteiger partial charge in [0.15, 0.2) is 5.78 Å². The first-order chi connectivity index (χ1) is 4.22. The Morgan fingerprint density at radius 1 is 1.78 bits per heavy atom. The monoisotopic (exact) mass is 148 g/mol. The SMILES string of the molecule is CSC[C@H](N)C(=O)CN. The summed E-state index contributed by atoms with van der Waals surface area (Å²) in [7, 11) is 0. The Morgan fingerprint density at radius 2 is 2.33 bits per heavy atom. The Labute approximate surface area is 59.2 Å². The average molecular weight is 148 g/mol. The summed E-state index contributed by atoms with van der Waals surface area (Å²) < 4.78 is 0. The molecule has 3 nitrogen and oxygen atoms in total. The van der Waals surface area contributed by atoms with E-state index in [2.05, 4.69) is 0 Å². The largest absolute Gasteiger partial charge is 0.324 e. The number of carbonyl (C=O) groups is 1. The minimum atomic E-state index is -0.370. The van der Waals surface area contributed by atoms with Crippen molar-refractivity contribution in [1.29, 1.82) is 0 Å². The molecule has 0 amide bonds. The van der Waals surface area contributed by atoms with Gasteiger partial charge in [-0.1, -0.05) is 0 Å². The summed E-state index contributed by atoms with van der Waals surface area (Å²) in [6, 6.07) is -0.370. The number of thioether (sulfide) groups is 1. The fourth-order valence-electron chi connectivity index (χ4n) is 0.424. The zero-order chi connectivity index (χ0) is 7.28. The third-order valence-electron chi connectivity index (χ3n) is 0.961. The lowest BCUT2D eigenvalue weighted by molar-refractivity contribution is -0.118. The third-order valence-corrected chi connectivity index (χ3v) is 1.65. The molecule has 0 saturated heterocycles. The fourth-order valence-corrected chi connectivity index (χ4v) is 0.969. The highest BCUT2D eigenvalue weighted by Crippen LogP contribution is 1.94. The van der Waals surface area contributed by atoms with Crippen LogP contribution in [0.3, 0.4) is 0 Å². The van der Waals surface area contributed by atoms with Gasteiger partial charge in [-0.2, -0.15) is 11.8 Å². The van der Waals surface area contributed by atoms with Gasteiger partial charge in [0, 0.05) is 5.75 Å². The summed E-state index contributed by atoms with van der Waals surface area (Å²) in [5.74, 6) is 0.597. The minimum absolute atomic E-state index is 0.0573. The van der Waals surface area contributed by atoms with Crippen molar-refractivity contribution in [1.82, 2.24) is 0 Å². The lowest BCUT2D eigenvalue weighted by Crippen LogP contribution is -2.37. The van der Waals surface area contributed by atoms with Gasteiger partial charge in [-0.25, -0.2) is 0 Å². The first kappa shape index (κ1) is 8.94. The zero-order valence-electron chi connectivity index (χ0n) is 5.46. The molecule has 9 heavy (non-hydrogen) atoms. The topological polar surface area (TPSA) is 69.1 Å². The van der Waals surface area contributed by atoms with Crippen LogP contribution >= 0.6 is 11.8 Å². The summed E-state index contributed by atoms with van der Waals surface area (Å²) in [5.41, 5.74) is 10.5. The quantitative estimate of drug-likeness (QED) is 0.548. The molecular weight excluding hydrogens is 136 g/mol. The van der Waals surface area contributed by atoms with E-state index < -0.39 is 0 Å². The molecule has 4 N–H and O–H groups in total. The van der Waals surface area contributed by atoms with Crippen LogP contribution in [0.5, 0.6) is 0 Å². The molecule has 0 aromatic rings. The molecule has 0 spiro atoms. The van der Waals surface area contributed by atoms with Crippen LogP contribution in [0.25, 0.3) is 0 Å². The van der Waals surface area contributed by atoms with Gasteiger partial charge in [0.25, 0.3) is 0 Å². The van der Waals surface area contributed by atoms with Gasteiger partial charge in [-0.3, -0.25) is 4.79 Å². The van der Waals surface area contributed by atoms with Gasteiger partial charge in [-0.15, -0.1) is 0 Å². The zero-order valence-corrected chi connectivity index (χ0v) is 6.28. The first-order valence-electron chi connectivity index (χ1n) is 2.69. The van der Waals surface area contributed by atoms with Gasteiger partial charge >= 0.3 is 0 Å². The van der Waals surface area contributed by atoms with Crippen LogP contribution in [0.15, 0.2) is 0 Å². The van der Waals surface area contributed by atoms with Crippen LogP contribution in [-0.2, 0) is 4.79 Å². The Kier molecular flexibility index (Phi) is 4.75. The lowest BCUT2D eigenvalue weighted by Gasteiger charge is -2.04.